The van der Waals surface area contributed by atoms with Gasteiger partial charge in [-0.15, -0.1) is 0 Å². The molecule has 1 aromatic carbocycles. The average molecular weight is 321 g/mol. The van der Waals surface area contributed by atoms with Crippen molar-refractivity contribution in [2.45, 2.75) is 45.6 Å². The first-order chi connectivity index (χ1) is 11.7. The molecule has 0 bridgehead atoms. The Hall–Kier alpha value is -2.61. The number of rotatable bonds is 4. The van der Waals surface area contributed by atoms with E-state index in [1.165, 1.54) is 19.3 Å². The maximum atomic E-state index is 9.03. The van der Waals surface area contributed by atoms with Crippen LogP contribution in [0.2, 0.25) is 0 Å². The second-order valence-electron chi connectivity index (χ2n) is 6.26. The molecular formula is C19H23N5. The number of nitrogens with zero attached hydrogens (tertiary/aromatic N) is 4. The topological polar surface area (TPSA) is 64.8 Å². The number of aryl methyl sites for hydroxylation is 1. The standard InChI is InChI=1S/C19H23N5/c1-3-17-9-4-5-10-24(17)18-11-14(2)21-19(23-18)22-16-8-6-7-15(12-16)13-20/h6-8,11-12,17H,3-5,9-10H2,1-2H3,(H,21,22,23). The Labute approximate surface area is 143 Å². The number of aromatic nitrogens is 2. The highest BCUT2D eigenvalue weighted by Crippen LogP contribution is 2.26. The van der Waals surface area contributed by atoms with Crippen LogP contribution in [0, 0.1) is 18.3 Å². The van der Waals surface area contributed by atoms with Gasteiger partial charge in [0.2, 0.25) is 5.95 Å². The Morgan fingerprint density at radius 2 is 2.17 bits per heavy atom. The first-order valence-electron chi connectivity index (χ1n) is 8.59. The number of nitrogens with one attached hydrogen (secondary N) is 1. The van der Waals surface area contributed by atoms with Crippen molar-refractivity contribution < 1.29 is 0 Å². The van der Waals surface area contributed by atoms with Gasteiger partial charge in [0, 0.05) is 30.0 Å². The SMILES string of the molecule is CCC1CCCCN1c1cc(C)nc(Nc2cccc(C#N)c2)n1. The summed E-state index contributed by atoms with van der Waals surface area (Å²) in [7, 11) is 0. The van der Waals surface area contributed by atoms with Gasteiger partial charge in [0.25, 0.3) is 0 Å². The normalized spacial score (nSPS) is 17.4. The van der Waals surface area contributed by atoms with Gasteiger partial charge in [-0.25, -0.2) is 4.98 Å². The Bertz CT molecular complexity index is 750. The first kappa shape index (κ1) is 16.3. The zero-order chi connectivity index (χ0) is 16.9. The van der Waals surface area contributed by atoms with Crippen molar-refractivity contribution in [3.05, 3.63) is 41.6 Å². The molecule has 124 valence electrons. The minimum Gasteiger partial charge on any atom is -0.353 e. The van der Waals surface area contributed by atoms with E-state index in [4.69, 9.17) is 10.2 Å². The zero-order valence-electron chi connectivity index (χ0n) is 14.3. The molecule has 1 aromatic heterocycles. The molecule has 3 rings (SSSR count). The lowest BCUT2D eigenvalue weighted by molar-refractivity contribution is 0.446. The quantitative estimate of drug-likeness (QED) is 0.915. The van der Waals surface area contributed by atoms with Crippen molar-refractivity contribution in [3.8, 4) is 6.07 Å². The number of hydrogen-bond acceptors (Lipinski definition) is 5. The fraction of sp³-hybridized carbons (Fsp3) is 0.421. The summed E-state index contributed by atoms with van der Waals surface area (Å²) >= 11 is 0. The highest BCUT2D eigenvalue weighted by Gasteiger charge is 2.22. The predicted molar refractivity (Wildman–Crippen MR) is 96.5 cm³/mol. The third-order valence-corrected chi connectivity index (χ3v) is 4.48. The van der Waals surface area contributed by atoms with E-state index in [1.54, 1.807) is 12.1 Å². The number of anilines is 3. The van der Waals surface area contributed by atoms with Crippen molar-refractivity contribution in [2.24, 2.45) is 0 Å². The molecule has 1 aliphatic heterocycles. The van der Waals surface area contributed by atoms with Crippen LogP contribution in [0.15, 0.2) is 30.3 Å². The molecule has 2 heterocycles. The molecule has 1 atom stereocenters. The van der Waals surface area contributed by atoms with Crippen LogP contribution in [0.3, 0.4) is 0 Å². The Kier molecular flexibility index (Phi) is 4.95. The van der Waals surface area contributed by atoms with E-state index in [2.05, 4.69) is 34.3 Å². The van der Waals surface area contributed by atoms with Crippen molar-refractivity contribution in [1.82, 2.24) is 9.97 Å². The maximum Gasteiger partial charge on any atom is 0.229 e. The minimum atomic E-state index is 0.558. The van der Waals surface area contributed by atoms with E-state index in [-0.39, 0.29) is 0 Å². The van der Waals surface area contributed by atoms with Gasteiger partial charge in [0.05, 0.1) is 11.6 Å². The van der Waals surface area contributed by atoms with Gasteiger partial charge in [-0.3, -0.25) is 0 Å². The van der Waals surface area contributed by atoms with Gasteiger partial charge in [0.15, 0.2) is 0 Å². The summed E-state index contributed by atoms with van der Waals surface area (Å²) in [6.07, 6.45) is 4.88. The molecule has 1 aliphatic rings. The molecule has 1 fully saturated rings. The van der Waals surface area contributed by atoms with E-state index in [1.807, 2.05) is 19.1 Å². The predicted octanol–water partition coefficient (Wildman–Crippen LogP) is 4.17. The van der Waals surface area contributed by atoms with Gasteiger partial charge in [0.1, 0.15) is 5.82 Å². The van der Waals surface area contributed by atoms with Crippen LogP contribution in [-0.2, 0) is 0 Å². The summed E-state index contributed by atoms with van der Waals surface area (Å²) in [5.74, 6) is 1.58. The van der Waals surface area contributed by atoms with Gasteiger partial charge in [-0.05, 0) is 50.8 Å². The number of piperidine rings is 1. The van der Waals surface area contributed by atoms with Crippen LogP contribution in [0.1, 0.15) is 43.9 Å². The Balaban J connectivity index is 1.87. The van der Waals surface area contributed by atoms with Crippen LogP contribution in [0.5, 0.6) is 0 Å². The molecule has 0 aliphatic carbocycles. The summed E-state index contributed by atoms with van der Waals surface area (Å²) in [5, 5.41) is 12.3. The fourth-order valence-corrected chi connectivity index (χ4v) is 3.28. The fourth-order valence-electron chi connectivity index (χ4n) is 3.28. The third-order valence-electron chi connectivity index (χ3n) is 4.48. The van der Waals surface area contributed by atoms with Crippen LogP contribution < -0.4 is 10.2 Å². The van der Waals surface area contributed by atoms with Crippen LogP contribution in [0.25, 0.3) is 0 Å². The molecule has 5 nitrogen and oxygen atoms in total. The Morgan fingerprint density at radius 3 is 2.96 bits per heavy atom. The molecule has 1 N–H and O–H groups in total. The summed E-state index contributed by atoms with van der Waals surface area (Å²) in [6, 6.07) is 12.1. The van der Waals surface area contributed by atoms with Crippen LogP contribution in [0.4, 0.5) is 17.5 Å². The maximum absolute atomic E-state index is 9.03. The molecule has 0 radical (unpaired) electrons. The van der Waals surface area contributed by atoms with E-state index < -0.39 is 0 Å². The molecule has 1 saturated heterocycles. The molecule has 24 heavy (non-hydrogen) atoms. The molecule has 0 saturated carbocycles. The second kappa shape index (κ2) is 7.31. The largest absolute Gasteiger partial charge is 0.353 e. The van der Waals surface area contributed by atoms with E-state index in [0.717, 1.165) is 30.2 Å². The van der Waals surface area contributed by atoms with E-state index >= 15 is 0 Å². The molecule has 0 amide bonds. The first-order valence-corrected chi connectivity index (χ1v) is 8.59. The van der Waals surface area contributed by atoms with Gasteiger partial charge >= 0.3 is 0 Å². The highest BCUT2D eigenvalue weighted by atomic mass is 15.2. The van der Waals surface area contributed by atoms with Crippen LogP contribution >= 0.6 is 0 Å². The van der Waals surface area contributed by atoms with E-state index in [9.17, 15) is 0 Å². The third kappa shape index (κ3) is 3.65. The molecule has 1 unspecified atom stereocenters. The lowest BCUT2D eigenvalue weighted by Crippen LogP contribution is -2.39. The number of hydrogen-bond donors (Lipinski definition) is 1. The Morgan fingerprint density at radius 1 is 1.29 bits per heavy atom. The minimum absolute atomic E-state index is 0.558. The van der Waals surface area contributed by atoms with Gasteiger partial charge in [-0.1, -0.05) is 13.0 Å². The lowest BCUT2D eigenvalue weighted by atomic mass is 10.00. The number of nitriles is 1. The molecule has 5 heteroatoms. The number of benzene rings is 1. The zero-order valence-corrected chi connectivity index (χ0v) is 14.3. The summed E-state index contributed by atoms with van der Waals surface area (Å²) in [4.78, 5) is 11.6. The van der Waals surface area contributed by atoms with Gasteiger partial charge < -0.3 is 10.2 Å². The average Bonchev–Trinajstić information content (AvgIpc) is 2.61. The molecule has 2 aromatic rings. The van der Waals surface area contributed by atoms with Crippen molar-refractivity contribution in [3.63, 3.8) is 0 Å². The lowest BCUT2D eigenvalue weighted by Gasteiger charge is -2.36. The van der Waals surface area contributed by atoms with Crippen molar-refractivity contribution >= 4 is 17.5 Å². The smallest absolute Gasteiger partial charge is 0.229 e. The highest BCUT2D eigenvalue weighted by molar-refractivity contribution is 5.58. The summed E-state index contributed by atoms with van der Waals surface area (Å²) in [6.45, 7) is 5.29. The van der Waals surface area contributed by atoms with Crippen molar-refractivity contribution in [1.29, 1.82) is 5.26 Å². The molecule has 0 spiro atoms. The van der Waals surface area contributed by atoms with Crippen molar-refractivity contribution in [2.75, 3.05) is 16.8 Å². The van der Waals surface area contributed by atoms with Gasteiger partial charge in [-0.2, -0.15) is 10.2 Å². The van der Waals surface area contributed by atoms with E-state index in [0.29, 0.717) is 17.6 Å². The second-order valence-corrected chi connectivity index (χ2v) is 6.26. The monoisotopic (exact) mass is 321 g/mol. The van der Waals surface area contributed by atoms with Crippen LogP contribution in [-0.4, -0.2) is 22.6 Å². The molecular weight excluding hydrogens is 298 g/mol. The summed E-state index contributed by atoms with van der Waals surface area (Å²) in [5.41, 5.74) is 2.39. The summed E-state index contributed by atoms with van der Waals surface area (Å²) < 4.78 is 0.